The molecule has 1 rings (SSSR count). The van der Waals surface area contributed by atoms with Crippen LogP contribution in [0.2, 0.25) is 0 Å². The predicted molar refractivity (Wildman–Crippen MR) is 49.7 cm³/mol. The smallest absolute Gasteiger partial charge is 0.204 e. The second-order valence-corrected chi connectivity index (χ2v) is 2.40. The fourth-order valence-electron chi connectivity index (χ4n) is 0.671. The molecule has 0 bridgehead atoms. The number of anilines is 1. The molecule has 0 atom stereocenters. The number of nitrogens with one attached hydrogen (secondary N) is 3. The number of furan rings is 1. The summed E-state index contributed by atoms with van der Waals surface area (Å²) in [5.74, 6) is 0.226. The van der Waals surface area contributed by atoms with Crippen molar-refractivity contribution in [2.24, 2.45) is 5.73 Å². The first-order valence-electron chi connectivity index (χ1n) is 3.58. The van der Waals surface area contributed by atoms with Gasteiger partial charge in [-0.05, 0) is 6.07 Å². The van der Waals surface area contributed by atoms with Crippen molar-refractivity contribution >= 4 is 17.8 Å². The lowest BCUT2D eigenvalue weighted by Gasteiger charge is -2.16. The number of guanidine groups is 2. The number of hydrogen-bond acceptors (Lipinski definition) is 3. The second kappa shape index (κ2) is 3.61. The van der Waals surface area contributed by atoms with E-state index in [-0.39, 0.29) is 11.9 Å². The lowest BCUT2D eigenvalue weighted by Crippen LogP contribution is -2.41. The van der Waals surface area contributed by atoms with Crippen LogP contribution in [0.15, 0.2) is 22.8 Å². The van der Waals surface area contributed by atoms with Crippen LogP contribution < -0.4 is 11.1 Å². The predicted octanol–water partition coefficient (Wildman–Crippen LogP) is 0.452. The van der Waals surface area contributed by atoms with E-state index >= 15 is 0 Å². The van der Waals surface area contributed by atoms with Crippen LogP contribution in [0, 0.1) is 10.8 Å². The number of nitrogens with zero attached hydrogens (tertiary/aromatic N) is 1. The molecule has 0 aliphatic carbocycles. The van der Waals surface area contributed by atoms with Crippen molar-refractivity contribution in [2.45, 2.75) is 0 Å². The van der Waals surface area contributed by atoms with Crippen LogP contribution in [0.4, 0.5) is 5.88 Å². The van der Waals surface area contributed by atoms with Gasteiger partial charge in [0.05, 0.1) is 6.26 Å². The van der Waals surface area contributed by atoms with Gasteiger partial charge in [-0.3, -0.25) is 21.0 Å². The van der Waals surface area contributed by atoms with Gasteiger partial charge < -0.3 is 10.2 Å². The van der Waals surface area contributed by atoms with Crippen LogP contribution in [0.3, 0.4) is 0 Å². The fraction of sp³-hybridized carbons (Fsp3) is 0.143. The summed E-state index contributed by atoms with van der Waals surface area (Å²) in [4.78, 5) is 1.18. The van der Waals surface area contributed by atoms with E-state index in [4.69, 9.17) is 21.0 Å². The summed E-state index contributed by atoms with van der Waals surface area (Å²) in [6.45, 7) is 0. The molecule has 0 spiro atoms. The highest BCUT2D eigenvalue weighted by Crippen LogP contribution is 2.06. The van der Waals surface area contributed by atoms with E-state index < -0.39 is 0 Å². The first kappa shape index (κ1) is 9.11. The summed E-state index contributed by atoms with van der Waals surface area (Å²) in [7, 11) is 1.51. The summed E-state index contributed by atoms with van der Waals surface area (Å²) < 4.78 is 4.94. The molecule has 6 nitrogen and oxygen atoms in total. The molecule has 0 saturated heterocycles. The third kappa shape index (κ3) is 2.22. The second-order valence-electron chi connectivity index (χ2n) is 2.40. The van der Waals surface area contributed by atoms with E-state index in [0.717, 1.165) is 0 Å². The quantitative estimate of drug-likeness (QED) is 0.373. The molecular formula is C7H11N5O. The molecular weight excluding hydrogens is 170 g/mol. The largest absolute Gasteiger partial charge is 0.449 e. The third-order valence-corrected chi connectivity index (χ3v) is 1.46. The Kier molecular flexibility index (Phi) is 2.53. The van der Waals surface area contributed by atoms with Crippen LogP contribution >= 0.6 is 0 Å². The van der Waals surface area contributed by atoms with Crippen molar-refractivity contribution in [1.82, 2.24) is 4.90 Å². The SMILES string of the molecule is CN(C(=N)N)C(=N)Nc1ccco1. The van der Waals surface area contributed by atoms with Gasteiger partial charge in [-0.2, -0.15) is 0 Å². The Bertz CT molecular complexity index is 305. The van der Waals surface area contributed by atoms with Gasteiger partial charge in [0.15, 0.2) is 11.8 Å². The molecule has 0 fully saturated rings. The van der Waals surface area contributed by atoms with Gasteiger partial charge >= 0.3 is 0 Å². The van der Waals surface area contributed by atoms with E-state index in [9.17, 15) is 0 Å². The lowest BCUT2D eigenvalue weighted by molar-refractivity contribution is 0.582. The average molecular weight is 181 g/mol. The van der Waals surface area contributed by atoms with Crippen LogP contribution in [0.1, 0.15) is 0 Å². The minimum atomic E-state index is -0.205. The number of rotatable bonds is 1. The molecule has 0 radical (unpaired) electrons. The zero-order valence-corrected chi connectivity index (χ0v) is 7.16. The standard InChI is InChI=1S/C7H11N5O/c1-12(6(8)9)7(10)11-5-3-2-4-13-5/h2-4H,1H3,(H3,8,9)(H2,10,11). The average Bonchev–Trinajstić information content (AvgIpc) is 2.55. The Hall–Kier alpha value is -1.98. The zero-order valence-electron chi connectivity index (χ0n) is 7.16. The maximum atomic E-state index is 7.44. The molecule has 0 saturated carbocycles. The molecule has 0 amide bonds. The molecule has 0 unspecified atom stereocenters. The molecule has 13 heavy (non-hydrogen) atoms. The zero-order chi connectivity index (χ0) is 9.84. The molecule has 1 heterocycles. The van der Waals surface area contributed by atoms with Gasteiger partial charge in [0, 0.05) is 13.1 Å². The van der Waals surface area contributed by atoms with Crippen LogP contribution in [-0.2, 0) is 0 Å². The van der Waals surface area contributed by atoms with Gasteiger partial charge in [-0.15, -0.1) is 0 Å². The highest BCUT2D eigenvalue weighted by Gasteiger charge is 2.07. The fourth-order valence-corrected chi connectivity index (χ4v) is 0.671. The Morgan fingerprint density at radius 2 is 2.31 bits per heavy atom. The Morgan fingerprint density at radius 1 is 1.62 bits per heavy atom. The van der Waals surface area contributed by atoms with Crippen molar-refractivity contribution in [3.8, 4) is 0 Å². The van der Waals surface area contributed by atoms with Gasteiger partial charge in [0.25, 0.3) is 0 Å². The number of nitrogens with two attached hydrogens (primary N) is 1. The van der Waals surface area contributed by atoms with Crippen molar-refractivity contribution in [3.05, 3.63) is 18.4 Å². The normalized spacial score (nSPS) is 9.31. The first-order chi connectivity index (χ1) is 6.11. The molecule has 70 valence electrons. The highest BCUT2D eigenvalue weighted by molar-refractivity contribution is 6.01. The van der Waals surface area contributed by atoms with Gasteiger partial charge in [-0.1, -0.05) is 0 Å². The van der Waals surface area contributed by atoms with Crippen molar-refractivity contribution in [1.29, 1.82) is 10.8 Å². The van der Waals surface area contributed by atoms with Gasteiger partial charge in [-0.25, -0.2) is 0 Å². The Balaban J connectivity index is 2.56. The third-order valence-electron chi connectivity index (χ3n) is 1.46. The highest BCUT2D eigenvalue weighted by atomic mass is 16.3. The van der Waals surface area contributed by atoms with E-state index in [0.29, 0.717) is 5.88 Å². The van der Waals surface area contributed by atoms with E-state index in [1.54, 1.807) is 12.1 Å². The maximum absolute atomic E-state index is 7.44. The molecule has 0 aliphatic heterocycles. The van der Waals surface area contributed by atoms with E-state index in [2.05, 4.69) is 5.32 Å². The van der Waals surface area contributed by atoms with Gasteiger partial charge in [0.1, 0.15) is 0 Å². The molecule has 1 aromatic rings. The monoisotopic (exact) mass is 181 g/mol. The minimum absolute atomic E-state index is 0.0116. The number of hydrogen-bond donors (Lipinski definition) is 4. The lowest BCUT2D eigenvalue weighted by atomic mass is 10.6. The molecule has 5 N–H and O–H groups in total. The summed E-state index contributed by atoms with van der Waals surface area (Å²) in [5, 5.41) is 17.1. The molecule has 0 aliphatic rings. The van der Waals surface area contributed by atoms with Gasteiger partial charge in [0.2, 0.25) is 5.96 Å². The summed E-state index contributed by atoms with van der Waals surface area (Å²) in [5.41, 5.74) is 5.16. The van der Waals surface area contributed by atoms with E-state index in [1.165, 1.54) is 18.2 Å². The Morgan fingerprint density at radius 3 is 2.77 bits per heavy atom. The van der Waals surface area contributed by atoms with Crippen LogP contribution in [0.5, 0.6) is 0 Å². The summed E-state index contributed by atoms with van der Waals surface area (Å²) in [6.07, 6.45) is 1.49. The summed E-state index contributed by atoms with van der Waals surface area (Å²) >= 11 is 0. The first-order valence-corrected chi connectivity index (χ1v) is 3.58. The summed E-state index contributed by atoms with van der Waals surface area (Å²) in [6, 6.07) is 3.37. The molecule has 6 heteroatoms. The van der Waals surface area contributed by atoms with Crippen molar-refractivity contribution < 1.29 is 4.42 Å². The molecule has 0 aromatic carbocycles. The topological polar surface area (TPSA) is 102 Å². The van der Waals surface area contributed by atoms with Crippen molar-refractivity contribution in [3.63, 3.8) is 0 Å². The maximum Gasteiger partial charge on any atom is 0.204 e. The van der Waals surface area contributed by atoms with Crippen LogP contribution in [-0.4, -0.2) is 23.9 Å². The molecule has 1 aromatic heterocycles. The van der Waals surface area contributed by atoms with Crippen molar-refractivity contribution in [2.75, 3.05) is 12.4 Å². The minimum Gasteiger partial charge on any atom is -0.449 e. The Labute approximate surface area is 75.3 Å². The van der Waals surface area contributed by atoms with Crippen LogP contribution in [0.25, 0.3) is 0 Å². The van der Waals surface area contributed by atoms with E-state index in [1.807, 2.05) is 0 Å².